The van der Waals surface area contributed by atoms with Gasteiger partial charge >= 0.3 is 0 Å². The predicted octanol–water partition coefficient (Wildman–Crippen LogP) is 15.3. The van der Waals surface area contributed by atoms with Crippen molar-refractivity contribution in [2.75, 3.05) is 0 Å². The molecule has 3 nitrogen and oxygen atoms in total. The molecule has 3 aromatic heterocycles. The van der Waals surface area contributed by atoms with Crippen molar-refractivity contribution in [1.82, 2.24) is 15.0 Å². The molecule has 302 valence electrons. The zero-order valence-electron chi connectivity index (χ0n) is 39.2. The van der Waals surface area contributed by atoms with Crippen LogP contribution >= 0.6 is 0 Å². The SMILES string of the molecule is C.Cc1c(C)c(C)c(C(C)C)c(C)c1C.Cc1nc(C(C)C)c(C)c(C)c1C.Cc1nc(C)c(C(C)C)c(C)c1C.Cc1nc(C)c(C)c(C(C)C)c1C. The summed E-state index contributed by atoms with van der Waals surface area (Å²) in [6.07, 6.45) is 0. The zero-order valence-corrected chi connectivity index (χ0v) is 39.2. The highest BCUT2D eigenvalue weighted by molar-refractivity contribution is 5.50. The lowest BCUT2D eigenvalue weighted by molar-refractivity contribution is 0.796. The maximum Gasteiger partial charge on any atom is 0.0464 e. The van der Waals surface area contributed by atoms with E-state index in [0.717, 1.165) is 0 Å². The predicted molar refractivity (Wildman–Crippen MR) is 243 cm³/mol. The molecule has 0 aliphatic heterocycles. The Bertz CT molecular complexity index is 1830. The van der Waals surface area contributed by atoms with Gasteiger partial charge in [-0.1, -0.05) is 62.8 Å². The molecule has 0 radical (unpaired) electrons. The van der Waals surface area contributed by atoms with Crippen LogP contribution in [0.15, 0.2) is 0 Å². The summed E-state index contributed by atoms with van der Waals surface area (Å²) in [5.74, 6) is 2.33. The number of hydrogen-bond acceptors (Lipinski definition) is 3. The average molecular weight is 738 g/mol. The molecule has 0 saturated carbocycles. The highest BCUT2D eigenvalue weighted by Gasteiger charge is 2.15. The minimum absolute atomic E-state index is 0. The molecule has 0 unspecified atom stereocenters. The highest BCUT2D eigenvalue weighted by atomic mass is 14.7. The van der Waals surface area contributed by atoms with Crippen molar-refractivity contribution in [3.8, 4) is 0 Å². The van der Waals surface area contributed by atoms with Gasteiger partial charge < -0.3 is 0 Å². The van der Waals surface area contributed by atoms with Gasteiger partial charge in [-0.05, 0) is 225 Å². The smallest absolute Gasteiger partial charge is 0.0464 e. The van der Waals surface area contributed by atoms with Gasteiger partial charge in [-0.15, -0.1) is 0 Å². The molecule has 4 aromatic rings. The Balaban J connectivity index is 0.000000690. The fourth-order valence-electron chi connectivity index (χ4n) is 8.00. The number of aryl methyl sites for hydroxylation is 5. The van der Waals surface area contributed by atoms with Crippen molar-refractivity contribution in [3.63, 3.8) is 0 Å². The highest BCUT2D eigenvalue weighted by Crippen LogP contribution is 2.31. The number of pyridine rings is 3. The molecule has 3 heteroatoms. The third-order valence-electron chi connectivity index (χ3n) is 12.1. The normalized spacial score (nSPS) is 10.8. The molecule has 0 aliphatic rings. The van der Waals surface area contributed by atoms with Crippen LogP contribution < -0.4 is 0 Å². The average Bonchev–Trinajstić information content (AvgIpc) is 3.05. The fourth-order valence-corrected chi connectivity index (χ4v) is 8.00. The van der Waals surface area contributed by atoms with Crippen LogP contribution in [-0.4, -0.2) is 15.0 Å². The summed E-state index contributed by atoms with van der Waals surface area (Å²) in [7, 11) is 0. The summed E-state index contributed by atoms with van der Waals surface area (Å²) in [6, 6.07) is 0. The standard InChI is InChI=1S/C14H22.3C12H19N.CH4/c1-8(2)14-12(6)10(4)9(3)11(5)13(14)7;1-7(2)12-8(3)10(5)13-11(6)9(12)4;1-7(2)12-9(4)8(3)10(5)13-11(12)6;1-7(2)12-10(5)8(3)9(4)11(6)13-12;/h8H,1-7H3;3*7H,1-6H3;1H4. The maximum absolute atomic E-state index is 4.63. The largest absolute Gasteiger partial charge is 0.258 e. The maximum atomic E-state index is 4.63. The second-order valence-electron chi connectivity index (χ2n) is 17.0. The van der Waals surface area contributed by atoms with Gasteiger partial charge in [0, 0.05) is 34.2 Å². The lowest BCUT2D eigenvalue weighted by atomic mass is 9.85. The molecule has 0 bridgehead atoms. The molecule has 3 heterocycles. The molecule has 0 fully saturated rings. The quantitative estimate of drug-likeness (QED) is 0.209. The van der Waals surface area contributed by atoms with Crippen molar-refractivity contribution in [1.29, 1.82) is 0 Å². The Morgan fingerprint density at radius 2 is 0.500 bits per heavy atom. The van der Waals surface area contributed by atoms with Crippen LogP contribution in [0.5, 0.6) is 0 Å². The van der Waals surface area contributed by atoms with Crippen LogP contribution in [0.4, 0.5) is 0 Å². The molecule has 0 atom stereocenters. The third kappa shape index (κ3) is 11.8. The lowest BCUT2D eigenvalue weighted by Gasteiger charge is -2.21. The van der Waals surface area contributed by atoms with Crippen LogP contribution in [0.3, 0.4) is 0 Å². The van der Waals surface area contributed by atoms with Crippen LogP contribution in [0.2, 0.25) is 0 Å². The molecular formula is C51H83N3. The molecule has 0 aliphatic carbocycles. The van der Waals surface area contributed by atoms with Gasteiger partial charge in [0.05, 0.1) is 0 Å². The number of hydrogen-bond donors (Lipinski definition) is 0. The number of benzene rings is 1. The van der Waals surface area contributed by atoms with Crippen molar-refractivity contribution in [2.24, 2.45) is 0 Å². The van der Waals surface area contributed by atoms with Gasteiger partial charge in [0.1, 0.15) is 0 Å². The van der Waals surface area contributed by atoms with E-state index in [1.807, 2.05) is 0 Å². The van der Waals surface area contributed by atoms with E-state index in [0.29, 0.717) is 23.7 Å². The second-order valence-corrected chi connectivity index (χ2v) is 17.0. The van der Waals surface area contributed by atoms with E-state index in [9.17, 15) is 0 Å². The van der Waals surface area contributed by atoms with E-state index in [1.54, 1.807) is 5.56 Å². The van der Waals surface area contributed by atoms with Crippen molar-refractivity contribution in [2.45, 2.75) is 204 Å². The van der Waals surface area contributed by atoms with E-state index in [4.69, 9.17) is 0 Å². The van der Waals surface area contributed by atoms with Gasteiger partial charge in [0.25, 0.3) is 0 Å². The fraction of sp³-hybridized carbons (Fsp3) is 0.588. The summed E-state index contributed by atoms with van der Waals surface area (Å²) in [5.41, 5.74) is 28.5. The van der Waals surface area contributed by atoms with E-state index in [1.165, 1.54) is 112 Å². The molecule has 0 saturated heterocycles. The molecule has 0 amide bonds. The van der Waals surface area contributed by atoms with Gasteiger partial charge in [0.2, 0.25) is 0 Å². The van der Waals surface area contributed by atoms with Crippen LogP contribution in [0, 0.1) is 118 Å². The van der Waals surface area contributed by atoms with Crippen LogP contribution in [0.25, 0.3) is 0 Å². The second kappa shape index (κ2) is 21.1. The minimum atomic E-state index is 0. The van der Waals surface area contributed by atoms with Crippen LogP contribution in [-0.2, 0) is 0 Å². The number of nitrogens with zero attached hydrogens (tertiary/aromatic N) is 3. The minimum Gasteiger partial charge on any atom is -0.258 e. The first-order chi connectivity index (χ1) is 24.2. The van der Waals surface area contributed by atoms with Gasteiger partial charge in [-0.2, -0.15) is 0 Å². The summed E-state index contributed by atoms with van der Waals surface area (Å²) in [6.45, 7) is 54.8. The van der Waals surface area contributed by atoms with E-state index >= 15 is 0 Å². The van der Waals surface area contributed by atoms with Crippen molar-refractivity contribution >= 4 is 0 Å². The van der Waals surface area contributed by atoms with Crippen molar-refractivity contribution in [3.05, 3.63) is 118 Å². The third-order valence-corrected chi connectivity index (χ3v) is 12.1. The molecule has 0 spiro atoms. The summed E-state index contributed by atoms with van der Waals surface area (Å²) in [4.78, 5) is 13.7. The summed E-state index contributed by atoms with van der Waals surface area (Å²) < 4.78 is 0. The van der Waals surface area contributed by atoms with Crippen LogP contribution in [0.1, 0.15) is 204 Å². The Kier molecular flexibility index (Phi) is 19.8. The first-order valence-electron chi connectivity index (χ1n) is 20.1. The first kappa shape index (κ1) is 50.7. The van der Waals surface area contributed by atoms with Gasteiger partial charge in [0.15, 0.2) is 0 Å². The van der Waals surface area contributed by atoms with Gasteiger partial charge in [-0.25, -0.2) is 0 Å². The Hall–Kier alpha value is -3.33. The molecule has 54 heavy (non-hydrogen) atoms. The summed E-state index contributed by atoms with van der Waals surface area (Å²) >= 11 is 0. The van der Waals surface area contributed by atoms with Gasteiger partial charge in [-0.3, -0.25) is 15.0 Å². The Labute approximate surface area is 335 Å². The monoisotopic (exact) mass is 738 g/mol. The topological polar surface area (TPSA) is 38.7 Å². The Morgan fingerprint density at radius 3 is 0.870 bits per heavy atom. The zero-order chi connectivity index (χ0) is 41.6. The van der Waals surface area contributed by atoms with E-state index in [2.05, 4.69) is 188 Å². The molecule has 4 rings (SSSR count). The van der Waals surface area contributed by atoms with E-state index in [-0.39, 0.29) is 7.43 Å². The summed E-state index contributed by atoms with van der Waals surface area (Å²) in [5, 5.41) is 0. The number of rotatable bonds is 4. The van der Waals surface area contributed by atoms with E-state index < -0.39 is 0 Å². The molecule has 0 N–H and O–H groups in total. The van der Waals surface area contributed by atoms with Crippen molar-refractivity contribution < 1.29 is 0 Å². The first-order valence-corrected chi connectivity index (χ1v) is 20.1. The number of aromatic nitrogens is 3. The lowest BCUT2D eigenvalue weighted by Crippen LogP contribution is -2.04. The molecule has 1 aromatic carbocycles. The molecular weight excluding hydrogens is 655 g/mol. The Morgan fingerprint density at radius 1 is 0.241 bits per heavy atom.